The van der Waals surface area contributed by atoms with E-state index in [0.717, 1.165) is 35.9 Å². The number of carbonyl (C=O) groups is 1. The lowest BCUT2D eigenvalue weighted by Gasteiger charge is -2.22. The van der Waals surface area contributed by atoms with Gasteiger partial charge < -0.3 is 20.1 Å². The molecule has 1 amide bonds. The Bertz CT molecular complexity index is 1420. The summed E-state index contributed by atoms with van der Waals surface area (Å²) in [6.45, 7) is 13.8. The number of nitrogens with one attached hydrogen (secondary N) is 2. The molecule has 4 aromatic heterocycles. The molecule has 5 rings (SSSR count). The minimum atomic E-state index is -0.188. The molecule has 2 N–H and O–H groups in total. The number of imidazole rings is 1. The van der Waals surface area contributed by atoms with E-state index >= 15 is 0 Å². The number of amides is 1. The second-order valence-electron chi connectivity index (χ2n) is 10.0. The van der Waals surface area contributed by atoms with Crippen molar-refractivity contribution in [3.05, 3.63) is 54.1 Å². The lowest BCUT2D eigenvalue weighted by molar-refractivity contribution is -0.114. The fraction of sp³-hybridized carbons (Fsp3) is 0.385. The summed E-state index contributed by atoms with van der Waals surface area (Å²) in [6, 6.07) is 9.56. The van der Waals surface area contributed by atoms with Crippen LogP contribution in [0.25, 0.3) is 5.65 Å². The van der Waals surface area contributed by atoms with Crippen LogP contribution in [-0.4, -0.2) is 43.3 Å². The number of aryl methyl sites for hydroxylation is 1. The molecule has 0 spiro atoms. The van der Waals surface area contributed by atoms with Crippen molar-refractivity contribution >= 4 is 57.9 Å². The normalized spacial score (nSPS) is 15.2. The first-order valence-corrected chi connectivity index (χ1v) is 16.4. The van der Waals surface area contributed by atoms with E-state index in [0.29, 0.717) is 29.7 Å². The van der Waals surface area contributed by atoms with Gasteiger partial charge in [-0.25, -0.2) is 9.97 Å². The van der Waals surface area contributed by atoms with Crippen molar-refractivity contribution in [1.29, 1.82) is 0 Å². The minimum absolute atomic E-state index is 0.0516. The highest BCUT2D eigenvalue weighted by atomic mass is 127. The first kappa shape index (κ1) is 28.3. The standard InChI is InChI=1S/C26H31N7O3.H2IP/c1-16-20(36-19-8-10-27-22(12-19)28-17(2)34)6-7-25-30-24(14-32(16)25)29-23-13-21(26(3,4)5)33(31-23)18-9-11-35-15-18;1-2/h6-8,10,12-14,18H,9,11,15H2,1-5H3,(H,29,31)(H,27,28,34);2H2. The van der Waals surface area contributed by atoms with Crippen LogP contribution in [0.3, 0.4) is 0 Å². The quantitative estimate of drug-likeness (QED) is 0.189. The first-order chi connectivity index (χ1) is 18.2. The van der Waals surface area contributed by atoms with Crippen molar-refractivity contribution < 1.29 is 14.3 Å². The Morgan fingerprint density at radius 2 is 1.97 bits per heavy atom. The zero-order chi connectivity index (χ0) is 27.4. The van der Waals surface area contributed by atoms with Crippen molar-refractivity contribution in [3.63, 3.8) is 0 Å². The van der Waals surface area contributed by atoms with Gasteiger partial charge in [0.05, 0.1) is 24.5 Å². The molecule has 1 aliphatic heterocycles. The van der Waals surface area contributed by atoms with E-state index in [4.69, 9.17) is 19.6 Å². The first-order valence-electron chi connectivity index (χ1n) is 12.2. The van der Waals surface area contributed by atoms with E-state index in [1.807, 2.05) is 29.7 Å². The molecule has 0 aliphatic carbocycles. The maximum absolute atomic E-state index is 11.3. The zero-order valence-electron chi connectivity index (χ0n) is 22.2. The van der Waals surface area contributed by atoms with Crippen LogP contribution in [0, 0.1) is 6.92 Å². The summed E-state index contributed by atoms with van der Waals surface area (Å²) in [5.41, 5.74) is 2.78. The number of aromatic nitrogens is 5. The number of ether oxygens (including phenoxy) is 2. The number of hydrogen-bond donors (Lipinski definition) is 2. The molecule has 1 aliphatic rings. The predicted octanol–water partition coefficient (Wildman–Crippen LogP) is 6.20. The van der Waals surface area contributed by atoms with E-state index in [-0.39, 0.29) is 17.4 Å². The molecular formula is C26H33IN7O3P. The molecule has 12 heteroatoms. The molecule has 38 heavy (non-hydrogen) atoms. The number of halogens is 1. The number of pyridine rings is 2. The summed E-state index contributed by atoms with van der Waals surface area (Å²) in [7, 11) is 0. The molecule has 0 radical (unpaired) electrons. The van der Waals surface area contributed by atoms with Crippen LogP contribution >= 0.6 is 28.9 Å². The van der Waals surface area contributed by atoms with Gasteiger partial charge in [0.2, 0.25) is 5.91 Å². The highest BCUT2D eigenvalue weighted by molar-refractivity contribution is 14.2. The average Bonchev–Trinajstić information content (AvgIpc) is 3.62. The number of nitrogens with zero attached hydrogens (tertiary/aromatic N) is 5. The Hall–Kier alpha value is -2.76. The number of hydrogen-bond acceptors (Lipinski definition) is 7. The maximum Gasteiger partial charge on any atom is 0.222 e. The summed E-state index contributed by atoms with van der Waals surface area (Å²) < 4.78 is 15.8. The van der Waals surface area contributed by atoms with Gasteiger partial charge in [0.25, 0.3) is 0 Å². The molecule has 202 valence electrons. The molecule has 4 aromatic rings. The molecule has 1 saturated heterocycles. The Labute approximate surface area is 237 Å². The smallest absolute Gasteiger partial charge is 0.222 e. The highest BCUT2D eigenvalue weighted by Gasteiger charge is 2.28. The van der Waals surface area contributed by atoms with Crippen LogP contribution < -0.4 is 15.4 Å². The fourth-order valence-corrected chi connectivity index (χ4v) is 4.33. The van der Waals surface area contributed by atoms with Gasteiger partial charge in [-0.3, -0.25) is 13.9 Å². The van der Waals surface area contributed by atoms with E-state index in [9.17, 15) is 4.79 Å². The zero-order valence-corrected chi connectivity index (χ0v) is 25.5. The van der Waals surface area contributed by atoms with E-state index in [2.05, 4.69) is 76.1 Å². The summed E-state index contributed by atoms with van der Waals surface area (Å²) in [4.78, 5) is 20.2. The minimum Gasteiger partial charge on any atom is -0.455 e. The molecule has 1 fully saturated rings. The SMILES string of the molecule is CC(=O)Nc1cc(Oc2ccc3nc(Nc4cc(C(C)(C)C)n(C5CCOC5)n4)cn3c2C)ccn1.PI. The third kappa shape index (κ3) is 6.44. The Kier molecular flexibility index (Phi) is 8.89. The van der Waals surface area contributed by atoms with E-state index in [1.165, 1.54) is 6.92 Å². The molecule has 5 heterocycles. The van der Waals surface area contributed by atoms with Crippen molar-refractivity contribution in [2.45, 2.75) is 52.5 Å². The Morgan fingerprint density at radius 1 is 1.18 bits per heavy atom. The molecule has 0 bridgehead atoms. The van der Waals surface area contributed by atoms with Gasteiger partial charge in [-0.05, 0) is 31.5 Å². The molecule has 0 saturated carbocycles. The van der Waals surface area contributed by atoms with Crippen LogP contribution in [0.2, 0.25) is 0 Å². The third-order valence-electron chi connectivity index (χ3n) is 6.11. The van der Waals surface area contributed by atoms with Gasteiger partial charge in [-0.2, -0.15) is 5.10 Å². The largest absolute Gasteiger partial charge is 0.455 e. The molecule has 10 nitrogen and oxygen atoms in total. The van der Waals surface area contributed by atoms with Gasteiger partial charge in [-0.1, -0.05) is 49.7 Å². The number of anilines is 3. The van der Waals surface area contributed by atoms with Crippen LogP contribution in [0.15, 0.2) is 42.7 Å². The van der Waals surface area contributed by atoms with Gasteiger partial charge in [0.1, 0.15) is 23.0 Å². The predicted molar refractivity (Wildman–Crippen MR) is 161 cm³/mol. The van der Waals surface area contributed by atoms with Crippen molar-refractivity contribution in [2.24, 2.45) is 0 Å². The topological polar surface area (TPSA) is 108 Å². The van der Waals surface area contributed by atoms with Crippen molar-refractivity contribution in [1.82, 2.24) is 24.1 Å². The van der Waals surface area contributed by atoms with Crippen LogP contribution in [0.4, 0.5) is 17.5 Å². The van der Waals surface area contributed by atoms with Crippen LogP contribution in [0.1, 0.15) is 51.5 Å². The third-order valence-corrected chi connectivity index (χ3v) is 6.11. The molecule has 2 atom stereocenters. The lowest BCUT2D eigenvalue weighted by Crippen LogP contribution is -2.22. The monoisotopic (exact) mass is 649 g/mol. The number of carbonyl (C=O) groups excluding carboxylic acids is 1. The average molecular weight is 649 g/mol. The summed E-state index contributed by atoms with van der Waals surface area (Å²) in [5, 5.41) is 10.9. The Morgan fingerprint density at radius 3 is 2.66 bits per heavy atom. The fourth-order valence-electron chi connectivity index (χ4n) is 4.33. The molecule has 2 unspecified atom stereocenters. The second-order valence-corrected chi connectivity index (χ2v) is 10.0. The number of fused-ring (bicyclic) bond motifs is 1. The van der Waals surface area contributed by atoms with Crippen LogP contribution in [-0.2, 0) is 14.9 Å². The van der Waals surface area contributed by atoms with Gasteiger partial charge in [0, 0.05) is 43.0 Å². The summed E-state index contributed by atoms with van der Waals surface area (Å²) in [6.07, 6.45) is 4.49. The second kappa shape index (κ2) is 12.0. The molecule has 0 aromatic carbocycles. The maximum atomic E-state index is 11.3. The van der Waals surface area contributed by atoms with E-state index < -0.39 is 0 Å². The summed E-state index contributed by atoms with van der Waals surface area (Å²) >= 11 is 2.07. The van der Waals surface area contributed by atoms with E-state index in [1.54, 1.807) is 18.3 Å². The summed E-state index contributed by atoms with van der Waals surface area (Å²) in [5.74, 6) is 2.95. The van der Waals surface area contributed by atoms with Gasteiger partial charge in [-0.15, -0.1) is 0 Å². The van der Waals surface area contributed by atoms with Crippen molar-refractivity contribution in [3.8, 4) is 11.5 Å². The lowest BCUT2D eigenvalue weighted by atomic mass is 9.91. The number of rotatable bonds is 6. The van der Waals surface area contributed by atoms with Gasteiger partial charge >= 0.3 is 0 Å². The molecular weight excluding hydrogens is 616 g/mol. The Balaban J connectivity index is 0.00000164. The van der Waals surface area contributed by atoms with Crippen LogP contribution in [0.5, 0.6) is 11.5 Å². The van der Waals surface area contributed by atoms with Crippen molar-refractivity contribution in [2.75, 3.05) is 23.8 Å². The van der Waals surface area contributed by atoms with Gasteiger partial charge in [0.15, 0.2) is 11.6 Å². The highest BCUT2D eigenvalue weighted by Crippen LogP contribution is 2.32.